The van der Waals surface area contributed by atoms with E-state index in [9.17, 15) is 0 Å². The van der Waals surface area contributed by atoms with Crippen molar-refractivity contribution in [2.24, 2.45) is 0 Å². The summed E-state index contributed by atoms with van der Waals surface area (Å²) >= 11 is 18.0. The lowest BCUT2D eigenvalue weighted by molar-refractivity contribution is 0.473. The molecule has 0 radical (unpaired) electrons. The molecule has 0 fully saturated rings. The van der Waals surface area contributed by atoms with Crippen molar-refractivity contribution >= 4 is 34.8 Å². The van der Waals surface area contributed by atoms with Crippen LogP contribution in [-0.2, 0) is 6.54 Å². The quantitative estimate of drug-likeness (QED) is 0.776. The molecule has 0 aliphatic heterocycles. The van der Waals surface area contributed by atoms with Gasteiger partial charge in [-0.25, -0.2) is 0 Å². The van der Waals surface area contributed by atoms with Gasteiger partial charge in [-0.1, -0.05) is 47.8 Å². The minimum Gasteiger partial charge on any atom is -0.455 e. The molecule has 20 heavy (non-hydrogen) atoms. The summed E-state index contributed by atoms with van der Waals surface area (Å²) in [6.45, 7) is 3.63. The molecular formula is C15H14Cl3NO. The largest absolute Gasteiger partial charge is 0.455 e. The molecule has 2 nitrogen and oxygen atoms in total. The number of benzene rings is 2. The first-order valence-electron chi connectivity index (χ1n) is 6.22. The molecule has 0 heterocycles. The van der Waals surface area contributed by atoms with E-state index in [0.717, 1.165) is 12.1 Å². The van der Waals surface area contributed by atoms with Crippen molar-refractivity contribution in [3.05, 3.63) is 57.0 Å². The maximum atomic E-state index is 6.12. The summed E-state index contributed by atoms with van der Waals surface area (Å²) in [4.78, 5) is 0. The van der Waals surface area contributed by atoms with Crippen LogP contribution in [0.1, 0.15) is 12.5 Å². The Labute approximate surface area is 133 Å². The van der Waals surface area contributed by atoms with Crippen molar-refractivity contribution in [2.45, 2.75) is 13.5 Å². The fraction of sp³-hybridized carbons (Fsp3) is 0.200. The van der Waals surface area contributed by atoms with Crippen molar-refractivity contribution in [3.63, 3.8) is 0 Å². The third kappa shape index (κ3) is 4.03. The second-order valence-electron chi connectivity index (χ2n) is 4.21. The molecule has 106 valence electrons. The highest BCUT2D eigenvalue weighted by molar-refractivity contribution is 6.35. The summed E-state index contributed by atoms with van der Waals surface area (Å²) in [5, 5.41) is 4.91. The van der Waals surface area contributed by atoms with E-state index in [0.29, 0.717) is 33.1 Å². The number of hydrogen-bond donors (Lipinski definition) is 1. The zero-order valence-corrected chi connectivity index (χ0v) is 13.2. The van der Waals surface area contributed by atoms with Gasteiger partial charge in [0.15, 0.2) is 0 Å². The standard InChI is InChI=1S/C15H14Cl3NO/c1-2-19-9-10-3-4-12(17)8-15(10)20-14-6-5-11(16)7-13(14)18/h3-8,19H,2,9H2,1H3. The van der Waals surface area contributed by atoms with Gasteiger partial charge in [0.2, 0.25) is 0 Å². The van der Waals surface area contributed by atoms with E-state index in [1.807, 2.05) is 19.1 Å². The zero-order chi connectivity index (χ0) is 14.5. The summed E-state index contributed by atoms with van der Waals surface area (Å²) in [6.07, 6.45) is 0. The normalized spacial score (nSPS) is 10.6. The maximum absolute atomic E-state index is 6.12. The minimum atomic E-state index is 0.465. The Morgan fingerprint density at radius 2 is 1.65 bits per heavy atom. The van der Waals surface area contributed by atoms with Crippen LogP contribution in [0, 0.1) is 0 Å². The van der Waals surface area contributed by atoms with Gasteiger partial charge in [-0.05, 0) is 36.9 Å². The second-order valence-corrected chi connectivity index (χ2v) is 5.49. The van der Waals surface area contributed by atoms with Gasteiger partial charge >= 0.3 is 0 Å². The lowest BCUT2D eigenvalue weighted by atomic mass is 10.2. The Morgan fingerprint density at radius 3 is 2.35 bits per heavy atom. The Hall–Kier alpha value is -0.930. The molecule has 0 saturated carbocycles. The van der Waals surface area contributed by atoms with Gasteiger partial charge in [0.05, 0.1) is 5.02 Å². The molecule has 1 N–H and O–H groups in total. The van der Waals surface area contributed by atoms with Crippen molar-refractivity contribution in [1.29, 1.82) is 0 Å². The summed E-state index contributed by atoms with van der Waals surface area (Å²) in [6, 6.07) is 10.7. The van der Waals surface area contributed by atoms with Crippen LogP contribution in [0.25, 0.3) is 0 Å². The Morgan fingerprint density at radius 1 is 0.950 bits per heavy atom. The number of hydrogen-bond acceptors (Lipinski definition) is 2. The third-order valence-corrected chi connectivity index (χ3v) is 3.47. The highest BCUT2D eigenvalue weighted by atomic mass is 35.5. The summed E-state index contributed by atoms with van der Waals surface area (Å²) < 4.78 is 5.86. The van der Waals surface area contributed by atoms with Crippen LogP contribution in [0.2, 0.25) is 15.1 Å². The number of ether oxygens (including phenoxy) is 1. The molecule has 0 aromatic heterocycles. The number of nitrogens with one attached hydrogen (secondary N) is 1. The first kappa shape index (κ1) is 15.5. The highest BCUT2D eigenvalue weighted by Crippen LogP contribution is 2.34. The predicted molar refractivity (Wildman–Crippen MR) is 85.4 cm³/mol. The van der Waals surface area contributed by atoms with Crippen molar-refractivity contribution in [1.82, 2.24) is 5.32 Å². The summed E-state index contributed by atoms with van der Waals surface area (Å²) in [7, 11) is 0. The average molecular weight is 331 g/mol. The summed E-state index contributed by atoms with van der Waals surface area (Å²) in [5.74, 6) is 1.23. The fourth-order valence-corrected chi connectivity index (χ4v) is 2.31. The first-order chi connectivity index (χ1) is 9.60. The molecule has 0 atom stereocenters. The van der Waals surface area contributed by atoms with Crippen LogP contribution in [0.5, 0.6) is 11.5 Å². The third-order valence-electron chi connectivity index (χ3n) is 2.71. The SMILES string of the molecule is CCNCc1ccc(Cl)cc1Oc1ccc(Cl)cc1Cl. The Kier molecular flexibility index (Phi) is 5.55. The highest BCUT2D eigenvalue weighted by Gasteiger charge is 2.09. The monoisotopic (exact) mass is 329 g/mol. The van der Waals surface area contributed by atoms with Gasteiger partial charge in [-0.2, -0.15) is 0 Å². The fourth-order valence-electron chi connectivity index (χ4n) is 1.71. The minimum absolute atomic E-state index is 0.465. The van der Waals surface area contributed by atoms with Crippen LogP contribution < -0.4 is 10.1 Å². The van der Waals surface area contributed by atoms with E-state index in [1.165, 1.54) is 0 Å². The molecule has 0 bridgehead atoms. The predicted octanol–water partition coefficient (Wildman–Crippen LogP) is 5.55. The van der Waals surface area contributed by atoms with Gasteiger partial charge in [-0.3, -0.25) is 0 Å². The lowest BCUT2D eigenvalue weighted by Crippen LogP contribution is -2.12. The molecule has 2 aromatic carbocycles. The molecule has 0 saturated heterocycles. The van der Waals surface area contributed by atoms with Crippen LogP contribution >= 0.6 is 34.8 Å². The van der Waals surface area contributed by atoms with Gasteiger partial charge in [0.1, 0.15) is 11.5 Å². The number of halogens is 3. The molecule has 2 aromatic rings. The zero-order valence-electron chi connectivity index (χ0n) is 10.9. The summed E-state index contributed by atoms with van der Waals surface area (Å²) in [5.41, 5.74) is 1.02. The maximum Gasteiger partial charge on any atom is 0.146 e. The van der Waals surface area contributed by atoms with Crippen molar-refractivity contribution in [3.8, 4) is 11.5 Å². The smallest absolute Gasteiger partial charge is 0.146 e. The van der Waals surface area contributed by atoms with Crippen molar-refractivity contribution in [2.75, 3.05) is 6.54 Å². The molecule has 0 unspecified atom stereocenters. The molecule has 5 heteroatoms. The molecule has 2 rings (SSSR count). The van der Waals surface area contributed by atoms with E-state index < -0.39 is 0 Å². The van der Waals surface area contributed by atoms with E-state index in [-0.39, 0.29) is 0 Å². The van der Waals surface area contributed by atoms with Crippen LogP contribution in [-0.4, -0.2) is 6.54 Å². The molecule has 0 spiro atoms. The van der Waals surface area contributed by atoms with Gasteiger partial charge in [-0.15, -0.1) is 0 Å². The number of rotatable bonds is 5. The van der Waals surface area contributed by atoms with Crippen LogP contribution in [0.3, 0.4) is 0 Å². The molecule has 0 aliphatic rings. The average Bonchev–Trinajstić information content (AvgIpc) is 2.41. The molecule has 0 amide bonds. The van der Waals surface area contributed by atoms with E-state index >= 15 is 0 Å². The van der Waals surface area contributed by atoms with Crippen molar-refractivity contribution < 1.29 is 4.74 Å². The first-order valence-corrected chi connectivity index (χ1v) is 7.35. The lowest BCUT2D eigenvalue weighted by Gasteiger charge is -2.13. The molecular weight excluding hydrogens is 317 g/mol. The van der Waals surface area contributed by atoms with Gasteiger partial charge in [0, 0.05) is 22.2 Å². The van der Waals surface area contributed by atoms with E-state index in [1.54, 1.807) is 24.3 Å². The second kappa shape index (κ2) is 7.19. The molecule has 0 aliphatic carbocycles. The van der Waals surface area contributed by atoms with E-state index in [2.05, 4.69) is 5.32 Å². The van der Waals surface area contributed by atoms with Crippen LogP contribution in [0.15, 0.2) is 36.4 Å². The topological polar surface area (TPSA) is 21.3 Å². The Balaban J connectivity index is 2.29. The van der Waals surface area contributed by atoms with Gasteiger partial charge < -0.3 is 10.1 Å². The van der Waals surface area contributed by atoms with Gasteiger partial charge in [0.25, 0.3) is 0 Å². The van der Waals surface area contributed by atoms with Crippen LogP contribution in [0.4, 0.5) is 0 Å². The Bertz CT molecular complexity index is 602. The van der Waals surface area contributed by atoms with E-state index in [4.69, 9.17) is 39.5 Å².